The molecule has 2 aromatic rings. The van der Waals surface area contributed by atoms with Gasteiger partial charge in [0.1, 0.15) is 25.0 Å². The van der Waals surface area contributed by atoms with Crippen molar-refractivity contribution in [3.05, 3.63) is 16.7 Å². The van der Waals surface area contributed by atoms with E-state index in [0.29, 0.717) is 0 Å². The molecule has 0 radical (unpaired) electrons. The van der Waals surface area contributed by atoms with Gasteiger partial charge in [-0.25, -0.2) is 9.55 Å². The van der Waals surface area contributed by atoms with Gasteiger partial charge in [-0.3, -0.25) is 18.9 Å². The van der Waals surface area contributed by atoms with E-state index in [9.17, 15) is 13.9 Å². The number of phosphoric ester groups is 1. The molecule has 2 aromatic heterocycles. The van der Waals surface area contributed by atoms with Crippen LogP contribution in [0.5, 0.6) is 0 Å². The van der Waals surface area contributed by atoms with Crippen LogP contribution in [0.4, 0.5) is 5.95 Å². The van der Waals surface area contributed by atoms with Crippen LogP contribution in [0.1, 0.15) is 12.6 Å². The minimum atomic E-state index is -4.85. The highest BCUT2D eigenvalue weighted by molar-refractivity contribution is 7.46. The number of aromatic nitrogens is 4. The summed E-state index contributed by atoms with van der Waals surface area (Å²) in [6, 6.07) is 0. The van der Waals surface area contributed by atoms with E-state index >= 15 is 0 Å². The molecule has 0 spiro atoms. The number of imidazole rings is 1. The van der Waals surface area contributed by atoms with Crippen LogP contribution in [0.25, 0.3) is 11.2 Å². The van der Waals surface area contributed by atoms with E-state index in [4.69, 9.17) is 25.2 Å². The van der Waals surface area contributed by atoms with Gasteiger partial charge in [-0.05, 0) is 0 Å². The van der Waals surface area contributed by atoms with Crippen LogP contribution < -0.4 is 11.3 Å². The van der Waals surface area contributed by atoms with Crippen LogP contribution in [0.3, 0.4) is 0 Å². The number of nitrogens with zero attached hydrogens (tertiary/aromatic N) is 3. The van der Waals surface area contributed by atoms with Crippen LogP contribution in [0, 0.1) is 0 Å². The van der Waals surface area contributed by atoms with Gasteiger partial charge in [-0.2, -0.15) is 4.98 Å². The van der Waals surface area contributed by atoms with Crippen molar-refractivity contribution in [3.8, 4) is 0 Å². The number of H-pyrrole nitrogens is 1. The molecule has 0 saturated carbocycles. The van der Waals surface area contributed by atoms with Crippen molar-refractivity contribution in [2.75, 3.05) is 12.3 Å². The second-order valence-electron chi connectivity index (χ2n) is 5.31. The molecule has 3 rings (SSSR count). The maximum absolute atomic E-state index is 11.8. The fraction of sp³-hybridized carbons (Fsp3) is 0.500. The Hall–Kier alpha value is -1.76. The number of phosphoric acid groups is 1. The summed E-state index contributed by atoms with van der Waals surface area (Å²) in [6.07, 6.45) is -1.90. The molecule has 1 saturated heterocycles. The molecule has 1 fully saturated rings. The summed E-state index contributed by atoms with van der Waals surface area (Å²) in [4.78, 5) is 48.8. The summed E-state index contributed by atoms with van der Waals surface area (Å²) in [5.41, 5.74) is 5.04. The van der Waals surface area contributed by atoms with Crippen molar-refractivity contribution in [2.45, 2.75) is 24.9 Å². The van der Waals surface area contributed by atoms with E-state index in [2.05, 4.69) is 24.0 Å². The summed E-state index contributed by atoms with van der Waals surface area (Å²) in [5.74, 6) is -0.151. The Labute approximate surface area is 145 Å². The fourth-order valence-electron chi connectivity index (χ4n) is 2.60. The SMILES string of the molecule is Nc1nc2c(ncn2C2CC(OP(=O)(O)O)C(CO[P+](=O)O)O2)c(=O)[nH]1. The van der Waals surface area contributed by atoms with Crippen molar-refractivity contribution in [2.24, 2.45) is 0 Å². The molecule has 1 aliphatic rings. The second-order valence-corrected chi connectivity index (χ2v) is 7.23. The average molecular weight is 410 g/mol. The second kappa shape index (κ2) is 7.10. The minimum absolute atomic E-state index is 0.00612. The predicted molar refractivity (Wildman–Crippen MR) is 83.8 cm³/mol. The van der Waals surface area contributed by atoms with Crippen molar-refractivity contribution >= 4 is 33.2 Å². The van der Waals surface area contributed by atoms with E-state index in [0.717, 1.165) is 0 Å². The number of nitrogen functional groups attached to an aromatic ring is 1. The number of rotatable bonds is 6. The normalized spacial score (nSPS) is 24.3. The Balaban J connectivity index is 1.90. The van der Waals surface area contributed by atoms with Gasteiger partial charge in [0.15, 0.2) is 11.2 Å². The minimum Gasteiger partial charge on any atom is -0.369 e. The number of ether oxygens (including phenoxy) is 1. The van der Waals surface area contributed by atoms with Gasteiger partial charge in [-0.15, -0.1) is 9.42 Å². The summed E-state index contributed by atoms with van der Waals surface area (Å²) in [7, 11) is -7.79. The van der Waals surface area contributed by atoms with Crippen molar-refractivity contribution < 1.29 is 37.6 Å². The molecule has 3 heterocycles. The number of nitrogens with two attached hydrogens (primary N) is 1. The van der Waals surface area contributed by atoms with Crippen LogP contribution in [0.15, 0.2) is 11.1 Å². The van der Waals surface area contributed by atoms with Gasteiger partial charge < -0.3 is 20.3 Å². The molecule has 142 valence electrons. The molecular formula is C10H14N5O9P2+. The summed E-state index contributed by atoms with van der Waals surface area (Å²) >= 11 is 0. The molecule has 0 aliphatic carbocycles. The van der Waals surface area contributed by atoms with Crippen molar-refractivity contribution in [1.29, 1.82) is 0 Å². The quantitative estimate of drug-likeness (QED) is 0.368. The molecule has 6 N–H and O–H groups in total. The zero-order chi connectivity index (χ0) is 19.1. The van der Waals surface area contributed by atoms with Crippen LogP contribution >= 0.6 is 16.1 Å². The van der Waals surface area contributed by atoms with Gasteiger partial charge in [0.05, 0.1) is 6.33 Å². The van der Waals surface area contributed by atoms with Crippen molar-refractivity contribution in [1.82, 2.24) is 19.5 Å². The number of hydrogen-bond acceptors (Lipinski definition) is 9. The molecular weight excluding hydrogens is 396 g/mol. The Morgan fingerprint density at radius 2 is 2.27 bits per heavy atom. The topological polar surface area (TPSA) is 212 Å². The molecule has 4 atom stereocenters. The van der Waals surface area contributed by atoms with Gasteiger partial charge in [0.25, 0.3) is 5.56 Å². The zero-order valence-electron chi connectivity index (χ0n) is 12.8. The third kappa shape index (κ3) is 4.14. The molecule has 0 amide bonds. The van der Waals surface area contributed by atoms with Crippen LogP contribution in [0.2, 0.25) is 0 Å². The molecule has 1 aliphatic heterocycles. The first kappa shape index (κ1) is 19.0. The molecule has 0 bridgehead atoms. The lowest BCUT2D eigenvalue weighted by Crippen LogP contribution is -2.27. The van der Waals surface area contributed by atoms with E-state index in [1.54, 1.807) is 0 Å². The Bertz CT molecular complexity index is 939. The van der Waals surface area contributed by atoms with Gasteiger partial charge >= 0.3 is 16.1 Å². The van der Waals surface area contributed by atoms with E-state index in [1.165, 1.54) is 10.9 Å². The summed E-state index contributed by atoms with van der Waals surface area (Å²) in [5, 5.41) is 0. The summed E-state index contributed by atoms with van der Waals surface area (Å²) in [6.45, 7) is -0.449. The highest BCUT2D eigenvalue weighted by Crippen LogP contribution is 2.44. The first-order valence-corrected chi connectivity index (χ1v) is 9.71. The predicted octanol–water partition coefficient (Wildman–Crippen LogP) is -0.867. The lowest BCUT2D eigenvalue weighted by Gasteiger charge is -2.16. The highest BCUT2D eigenvalue weighted by Gasteiger charge is 2.42. The molecule has 14 nitrogen and oxygen atoms in total. The maximum Gasteiger partial charge on any atom is 0.694 e. The first-order valence-electron chi connectivity index (χ1n) is 7.05. The van der Waals surface area contributed by atoms with Crippen molar-refractivity contribution in [3.63, 3.8) is 0 Å². The monoisotopic (exact) mass is 410 g/mol. The lowest BCUT2D eigenvalue weighted by atomic mass is 10.2. The zero-order valence-corrected chi connectivity index (χ0v) is 14.6. The van der Waals surface area contributed by atoms with Crippen LogP contribution in [-0.4, -0.2) is 53.0 Å². The van der Waals surface area contributed by atoms with E-state index in [-0.39, 0.29) is 23.5 Å². The maximum atomic E-state index is 11.8. The number of hydrogen-bond donors (Lipinski definition) is 5. The third-order valence-electron chi connectivity index (χ3n) is 3.56. The number of nitrogens with one attached hydrogen (secondary N) is 1. The molecule has 16 heteroatoms. The standard InChI is InChI=1S/C10H13N5O9P2/c11-10-13-8-7(9(16)14-10)12-3-15(8)6-1-4(24-26(19,20)21)5(23-6)2-22-25(17)18/h3-6H,1-2H2,(H5-,11,13,14,16,17,18,19,20,21)/p+1. The Morgan fingerprint density at radius 1 is 1.54 bits per heavy atom. The average Bonchev–Trinajstić information content (AvgIpc) is 3.07. The summed E-state index contributed by atoms with van der Waals surface area (Å²) < 4.78 is 38.0. The Morgan fingerprint density at radius 3 is 2.92 bits per heavy atom. The smallest absolute Gasteiger partial charge is 0.369 e. The van der Waals surface area contributed by atoms with Gasteiger partial charge in [0, 0.05) is 11.0 Å². The third-order valence-corrected chi connectivity index (χ3v) is 4.48. The van der Waals surface area contributed by atoms with Gasteiger partial charge in [0.2, 0.25) is 5.95 Å². The first-order chi connectivity index (χ1) is 12.1. The Kier molecular flexibility index (Phi) is 5.19. The van der Waals surface area contributed by atoms with Crippen LogP contribution in [-0.2, 0) is 22.9 Å². The molecule has 4 unspecified atom stereocenters. The lowest BCUT2D eigenvalue weighted by molar-refractivity contribution is -0.0378. The number of fused-ring (bicyclic) bond motifs is 1. The fourth-order valence-corrected chi connectivity index (χ4v) is 3.45. The number of aromatic amines is 1. The molecule has 0 aromatic carbocycles. The molecule has 26 heavy (non-hydrogen) atoms. The highest BCUT2D eigenvalue weighted by atomic mass is 31.2. The van der Waals surface area contributed by atoms with Gasteiger partial charge in [-0.1, -0.05) is 0 Å². The van der Waals surface area contributed by atoms with E-state index < -0.39 is 46.7 Å². The number of anilines is 1. The van der Waals surface area contributed by atoms with E-state index in [1.807, 2.05) is 0 Å². The largest absolute Gasteiger partial charge is 0.694 e.